The first-order valence-corrected chi connectivity index (χ1v) is 15.6. The minimum atomic E-state index is -0.170. The van der Waals surface area contributed by atoms with Crippen LogP contribution >= 0.6 is 0 Å². The molecule has 0 spiro atoms. The average molecular weight is 567 g/mol. The highest BCUT2D eigenvalue weighted by molar-refractivity contribution is 6.15. The van der Waals surface area contributed by atoms with Crippen LogP contribution in [0.3, 0.4) is 0 Å². The predicted octanol–water partition coefficient (Wildman–Crippen LogP) is 11.2. The van der Waals surface area contributed by atoms with Crippen molar-refractivity contribution in [2.75, 3.05) is 4.90 Å². The van der Waals surface area contributed by atoms with Crippen molar-refractivity contribution in [1.29, 1.82) is 0 Å². The van der Waals surface area contributed by atoms with Crippen molar-refractivity contribution in [2.45, 2.75) is 38.5 Å². The van der Waals surface area contributed by atoms with E-state index in [2.05, 4.69) is 171 Å². The molecule has 0 atom stereocenters. The van der Waals surface area contributed by atoms with Gasteiger partial charge >= 0.3 is 0 Å². The molecule has 3 heterocycles. The number of rotatable bonds is 4. The molecular weight excluding hydrogens is 532 g/mol. The Hall–Kier alpha value is -5.08. The summed E-state index contributed by atoms with van der Waals surface area (Å²) in [5.74, 6) is 0. The van der Waals surface area contributed by atoms with Gasteiger partial charge in [-0.2, -0.15) is 0 Å². The van der Waals surface area contributed by atoms with E-state index in [9.17, 15) is 0 Å². The molecule has 44 heavy (non-hydrogen) atoms. The molecule has 212 valence electrons. The lowest BCUT2D eigenvalue weighted by molar-refractivity contribution is 0.593. The summed E-state index contributed by atoms with van der Waals surface area (Å²) in [6.45, 7) is 9.60. The SMILES string of the molecule is CC1(C)c2cccc3c2-n2c4c1cccc4c1cc(N(c4ccccc4)c4ccc(-c5ccccc5)cc4)cc(c12)C3(C)C. The molecule has 0 saturated carbocycles. The summed E-state index contributed by atoms with van der Waals surface area (Å²) in [4.78, 5) is 2.42. The molecule has 0 amide bonds. The second-order valence-electron chi connectivity index (χ2n) is 13.5. The van der Waals surface area contributed by atoms with Crippen LogP contribution in [0.2, 0.25) is 0 Å². The van der Waals surface area contributed by atoms with Crippen LogP contribution in [0.1, 0.15) is 49.9 Å². The largest absolute Gasteiger partial charge is 0.310 e. The normalized spacial score (nSPS) is 15.2. The first-order valence-electron chi connectivity index (χ1n) is 15.6. The van der Waals surface area contributed by atoms with Crippen molar-refractivity contribution < 1.29 is 0 Å². The van der Waals surface area contributed by atoms with Gasteiger partial charge in [0.2, 0.25) is 0 Å². The van der Waals surface area contributed by atoms with Gasteiger partial charge in [0, 0.05) is 38.7 Å². The Morgan fingerprint density at radius 2 is 0.977 bits per heavy atom. The molecule has 1 aromatic heterocycles. The molecule has 0 unspecified atom stereocenters. The van der Waals surface area contributed by atoms with E-state index < -0.39 is 0 Å². The van der Waals surface area contributed by atoms with Gasteiger partial charge in [-0.15, -0.1) is 0 Å². The molecule has 2 aliphatic rings. The number of aromatic nitrogens is 1. The number of hydrogen-bond acceptors (Lipinski definition) is 1. The van der Waals surface area contributed by atoms with Crippen LogP contribution in [-0.4, -0.2) is 4.57 Å². The molecule has 0 aliphatic carbocycles. The van der Waals surface area contributed by atoms with E-state index in [1.807, 2.05) is 0 Å². The van der Waals surface area contributed by atoms with E-state index in [0.29, 0.717) is 0 Å². The fraction of sp³-hybridized carbons (Fsp3) is 0.143. The molecule has 7 aromatic rings. The number of para-hydroxylation sites is 3. The van der Waals surface area contributed by atoms with Crippen LogP contribution < -0.4 is 4.90 Å². The van der Waals surface area contributed by atoms with Gasteiger partial charge < -0.3 is 9.47 Å². The standard InChI is InChI=1S/C42H34N2/c1-41(2)34-18-11-17-32-33-25-31(26-37-39(33)44(38(32)34)40-35(41)19-12-20-36(40)42(37,3)4)43(29-15-9-6-10-16-29)30-23-21-28(22-24-30)27-13-7-5-8-14-27/h5-26H,1-4H3. The molecule has 0 N–H and O–H groups in total. The van der Waals surface area contributed by atoms with E-state index in [4.69, 9.17) is 0 Å². The van der Waals surface area contributed by atoms with E-state index in [1.54, 1.807) is 0 Å². The average Bonchev–Trinajstić information content (AvgIpc) is 3.39. The highest BCUT2D eigenvalue weighted by atomic mass is 15.1. The molecule has 2 nitrogen and oxygen atoms in total. The van der Waals surface area contributed by atoms with Crippen molar-refractivity contribution in [2.24, 2.45) is 0 Å². The van der Waals surface area contributed by atoms with E-state index >= 15 is 0 Å². The highest BCUT2D eigenvalue weighted by Gasteiger charge is 2.43. The Bertz CT molecular complexity index is 2250. The Morgan fingerprint density at radius 3 is 1.68 bits per heavy atom. The zero-order valence-corrected chi connectivity index (χ0v) is 25.6. The van der Waals surface area contributed by atoms with Gasteiger partial charge in [-0.3, -0.25) is 0 Å². The topological polar surface area (TPSA) is 8.17 Å². The third kappa shape index (κ3) is 3.26. The Morgan fingerprint density at radius 1 is 0.432 bits per heavy atom. The fourth-order valence-corrected chi connectivity index (χ4v) is 8.05. The smallest absolute Gasteiger partial charge is 0.0583 e. The Balaban J connectivity index is 1.35. The summed E-state index contributed by atoms with van der Waals surface area (Å²) in [5.41, 5.74) is 15.4. The van der Waals surface area contributed by atoms with E-state index in [1.165, 1.54) is 66.6 Å². The zero-order chi connectivity index (χ0) is 29.8. The van der Waals surface area contributed by atoms with Crippen LogP contribution in [0.25, 0.3) is 38.6 Å². The summed E-state index contributed by atoms with van der Waals surface area (Å²) in [5, 5.41) is 2.65. The van der Waals surface area contributed by atoms with Crippen LogP contribution in [0.15, 0.2) is 133 Å². The molecule has 0 fully saturated rings. The van der Waals surface area contributed by atoms with Gasteiger partial charge in [-0.25, -0.2) is 0 Å². The maximum Gasteiger partial charge on any atom is 0.0583 e. The second kappa shape index (κ2) is 8.74. The summed E-state index contributed by atoms with van der Waals surface area (Å²) in [7, 11) is 0. The highest BCUT2D eigenvalue weighted by Crippen LogP contribution is 2.56. The van der Waals surface area contributed by atoms with E-state index in [0.717, 1.165) is 11.4 Å². The first kappa shape index (κ1) is 25.4. The molecule has 9 rings (SSSR count). The van der Waals surface area contributed by atoms with E-state index in [-0.39, 0.29) is 10.8 Å². The second-order valence-corrected chi connectivity index (χ2v) is 13.5. The summed E-state index contributed by atoms with van der Waals surface area (Å²) in [6.07, 6.45) is 0. The van der Waals surface area contributed by atoms with Crippen LogP contribution in [0.4, 0.5) is 17.1 Å². The molecule has 2 aliphatic heterocycles. The van der Waals surface area contributed by atoms with Crippen LogP contribution in [-0.2, 0) is 10.8 Å². The first-order chi connectivity index (χ1) is 21.4. The Kier molecular flexibility index (Phi) is 5.05. The molecule has 6 aromatic carbocycles. The van der Waals surface area contributed by atoms with Crippen LogP contribution in [0, 0.1) is 0 Å². The van der Waals surface area contributed by atoms with Gasteiger partial charge in [-0.05, 0) is 69.8 Å². The molecule has 0 radical (unpaired) electrons. The van der Waals surface area contributed by atoms with Gasteiger partial charge in [0.15, 0.2) is 0 Å². The lowest BCUT2D eigenvalue weighted by atomic mass is 9.68. The third-order valence-electron chi connectivity index (χ3n) is 10.3. The van der Waals surface area contributed by atoms with Crippen molar-refractivity contribution in [3.8, 4) is 16.8 Å². The number of hydrogen-bond donors (Lipinski definition) is 0. The lowest BCUT2D eigenvalue weighted by Crippen LogP contribution is -2.33. The van der Waals surface area contributed by atoms with Crippen molar-refractivity contribution in [3.63, 3.8) is 0 Å². The zero-order valence-electron chi connectivity index (χ0n) is 25.6. The molecule has 0 saturated heterocycles. The number of fused-ring (bicyclic) bond motifs is 1. The van der Waals surface area contributed by atoms with Gasteiger partial charge in [0.25, 0.3) is 0 Å². The minimum absolute atomic E-state index is 0.0811. The molecular formula is C42H34N2. The number of anilines is 3. The number of benzene rings is 6. The molecule has 0 bridgehead atoms. The lowest BCUT2D eigenvalue weighted by Gasteiger charge is -2.42. The minimum Gasteiger partial charge on any atom is -0.310 e. The van der Waals surface area contributed by atoms with Gasteiger partial charge in [0.1, 0.15) is 0 Å². The maximum absolute atomic E-state index is 2.60. The predicted molar refractivity (Wildman–Crippen MR) is 185 cm³/mol. The summed E-state index contributed by atoms with van der Waals surface area (Å²) < 4.78 is 2.60. The molecule has 2 heteroatoms. The van der Waals surface area contributed by atoms with Crippen molar-refractivity contribution >= 4 is 38.9 Å². The van der Waals surface area contributed by atoms with Crippen molar-refractivity contribution in [1.82, 2.24) is 4.57 Å². The third-order valence-corrected chi connectivity index (χ3v) is 10.3. The summed E-state index contributed by atoms with van der Waals surface area (Å²) >= 11 is 0. The Labute approximate surface area is 258 Å². The summed E-state index contributed by atoms with van der Waals surface area (Å²) in [6, 6.07) is 49.2. The van der Waals surface area contributed by atoms with Gasteiger partial charge in [0.05, 0.1) is 16.7 Å². The maximum atomic E-state index is 2.60. The monoisotopic (exact) mass is 566 g/mol. The quantitative estimate of drug-likeness (QED) is 0.206. The van der Waals surface area contributed by atoms with Crippen molar-refractivity contribution in [3.05, 3.63) is 156 Å². The fourth-order valence-electron chi connectivity index (χ4n) is 8.05. The van der Waals surface area contributed by atoms with Crippen LogP contribution in [0.5, 0.6) is 0 Å². The number of nitrogens with zero attached hydrogens (tertiary/aromatic N) is 2. The van der Waals surface area contributed by atoms with Gasteiger partial charge in [-0.1, -0.05) is 125 Å².